The van der Waals surface area contributed by atoms with E-state index in [-0.39, 0.29) is 23.4 Å². The van der Waals surface area contributed by atoms with Crippen molar-refractivity contribution in [3.8, 4) is 0 Å². The van der Waals surface area contributed by atoms with Gasteiger partial charge in [-0.1, -0.05) is 35.6 Å². The summed E-state index contributed by atoms with van der Waals surface area (Å²) in [5.41, 5.74) is 2.94. The minimum absolute atomic E-state index is 0.0758. The second-order valence-corrected chi connectivity index (χ2v) is 9.70. The molecule has 2 saturated heterocycles. The number of quaternary nitrogens is 1. The van der Waals surface area contributed by atoms with Gasteiger partial charge in [0.05, 0.1) is 32.4 Å². The molecule has 1 aromatic carbocycles. The number of esters is 1. The zero-order valence-electron chi connectivity index (χ0n) is 21.9. The van der Waals surface area contributed by atoms with Crippen LogP contribution in [-0.2, 0) is 19.1 Å². The van der Waals surface area contributed by atoms with Crippen LogP contribution in [0.25, 0.3) is 5.76 Å². The number of ether oxygens (including phenoxy) is 2. The predicted octanol–water partition coefficient (Wildman–Crippen LogP) is 0.646. The van der Waals surface area contributed by atoms with E-state index in [0.717, 1.165) is 38.4 Å². The van der Waals surface area contributed by atoms with E-state index in [1.807, 2.05) is 31.2 Å². The summed E-state index contributed by atoms with van der Waals surface area (Å²) < 4.78 is 10.5. The number of H-pyrrole nitrogens is 1. The van der Waals surface area contributed by atoms with E-state index < -0.39 is 29.5 Å². The number of Topliss-reactive ketones (excluding diaryl/α,β-unsaturated/α-hetero) is 1. The number of hydrogen-bond donors (Lipinski definition) is 2. The highest BCUT2D eigenvalue weighted by atomic mass is 16.5. The van der Waals surface area contributed by atoms with Crippen molar-refractivity contribution in [3.05, 3.63) is 63.5 Å². The molecule has 3 heterocycles. The largest absolute Gasteiger partial charge is 0.872 e. The third kappa shape index (κ3) is 5.33. The standard InChI is InChI=1S/C28H35N3O6/c1-5-37-28(35)23-18(3)21(19(4)29-23)25(32)22-24(20-9-7-17(2)8-10-20)31(27(34)26(22)33)12-6-11-30-13-15-36-16-14-30/h7-10,24,29,32H,5-6,11-16H2,1-4H3. The number of aromatic nitrogens is 1. The number of benzene rings is 1. The molecule has 4 rings (SSSR count). The monoisotopic (exact) mass is 509 g/mol. The van der Waals surface area contributed by atoms with Crippen molar-refractivity contribution >= 4 is 23.4 Å². The number of carbonyl (C=O) groups is 3. The maximum absolute atomic E-state index is 13.9. The molecule has 0 spiro atoms. The summed E-state index contributed by atoms with van der Waals surface area (Å²) in [5, 5.41) is 13.9. The molecule has 2 fully saturated rings. The Morgan fingerprint density at radius 3 is 2.49 bits per heavy atom. The molecule has 0 bridgehead atoms. The molecule has 2 aliphatic rings. The van der Waals surface area contributed by atoms with Crippen molar-refractivity contribution in [1.82, 2.24) is 9.88 Å². The van der Waals surface area contributed by atoms with Gasteiger partial charge in [0, 0.05) is 24.2 Å². The Balaban J connectivity index is 1.73. The molecular weight excluding hydrogens is 474 g/mol. The van der Waals surface area contributed by atoms with Crippen LogP contribution < -0.4 is 10.0 Å². The molecule has 37 heavy (non-hydrogen) atoms. The number of hydrogen-bond acceptors (Lipinski definition) is 6. The van der Waals surface area contributed by atoms with Crippen LogP contribution in [0, 0.1) is 20.8 Å². The average Bonchev–Trinajstić information content (AvgIpc) is 3.32. The first-order valence-corrected chi connectivity index (χ1v) is 12.9. The van der Waals surface area contributed by atoms with Crippen LogP contribution in [0.1, 0.15) is 57.8 Å². The van der Waals surface area contributed by atoms with Gasteiger partial charge < -0.3 is 29.4 Å². The summed E-state index contributed by atoms with van der Waals surface area (Å²) in [5.74, 6) is -2.55. The summed E-state index contributed by atoms with van der Waals surface area (Å²) in [4.78, 5) is 44.9. The molecule has 9 heteroatoms. The Kier molecular flexibility index (Phi) is 8.14. The molecule has 0 saturated carbocycles. The number of aromatic amines is 1. The van der Waals surface area contributed by atoms with Gasteiger partial charge in [-0.05, 0) is 44.4 Å². The highest BCUT2D eigenvalue weighted by Gasteiger charge is 2.44. The van der Waals surface area contributed by atoms with Crippen molar-refractivity contribution in [1.29, 1.82) is 0 Å². The van der Waals surface area contributed by atoms with Gasteiger partial charge in [-0.15, -0.1) is 0 Å². The first-order chi connectivity index (χ1) is 17.7. The number of rotatable bonds is 8. The van der Waals surface area contributed by atoms with E-state index in [9.17, 15) is 19.5 Å². The second kappa shape index (κ2) is 11.3. The highest BCUT2D eigenvalue weighted by Crippen LogP contribution is 2.40. The minimum Gasteiger partial charge on any atom is -0.872 e. The fraction of sp³-hybridized carbons (Fsp3) is 0.464. The van der Waals surface area contributed by atoms with Crippen LogP contribution in [0.3, 0.4) is 0 Å². The Morgan fingerprint density at radius 2 is 1.84 bits per heavy atom. The van der Waals surface area contributed by atoms with Crippen LogP contribution in [0.15, 0.2) is 29.8 Å². The average molecular weight is 510 g/mol. The van der Waals surface area contributed by atoms with Crippen molar-refractivity contribution in [2.75, 3.05) is 46.0 Å². The van der Waals surface area contributed by atoms with Gasteiger partial charge in [0.25, 0.3) is 5.91 Å². The molecule has 9 nitrogen and oxygen atoms in total. The molecule has 0 radical (unpaired) electrons. The number of likely N-dealkylation sites (tertiary alicyclic amines) is 1. The fourth-order valence-electron chi connectivity index (χ4n) is 5.24. The maximum atomic E-state index is 13.9. The third-order valence-electron chi connectivity index (χ3n) is 7.20. The number of morpholine rings is 1. The number of carbonyl (C=O) groups excluding carboxylic acids is 3. The fourth-order valence-corrected chi connectivity index (χ4v) is 5.24. The topological polar surface area (TPSA) is 116 Å². The number of nitrogens with one attached hydrogen (secondary N) is 2. The highest BCUT2D eigenvalue weighted by molar-refractivity contribution is 6.46. The van der Waals surface area contributed by atoms with Gasteiger partial charge in [-0.25, -0.2) is 4.79 Å². The lowest BCUT2D eigenvalue weighted by molar-refractivity contribution is -0.908. The summed E-state index contributed by atoms with van der Waals surface area (Å²) in [6, 6.07) is 6.76. The predicted molar refractivity (Wildman–Crippen MR) is 135 cm³/mol. The van der Waals surface area contributed by atoms with Gasteiger partial charge in [0.15, 0.2) is 0 Å². The summed E-state index contributed by atoms with van der Waals surface area (Å²) in [6.45, 7) is 11.7. The molecule has 2 aromatic rings. The van der Waals surface area contributed by atoms with Crippen LogP contribution >= 0.6 is 0 Å². The molecular formula is C28H35N3O6. The van der Waals surface area contributed by atoms with E-state index in [4.69, 9.17) is 9.47 Å². The lowest BCUT2D eigenvalue weighted by Crippen LogP contribution is -3.14. The minimum atomic E-state index is -0.785. The first kappa shape index (κ1) is 26.6. The lowest BCUT2D eigenvalue weighted by atomic mass is 9.93. The van der Waals surface area contributed by atoms with Crippen molar-refractivity contribution < 1.29 is 33.9 Å². The molecule has 1 unspecified atom stereocenters. The van der Waals surface area contributed by atoms with Crippen LogP contribution in [-0.4, -0.2) is 73.5 Å². The maximum Gasteiger partial charge on any atom is 0.355 e. The Labute approximate surface area is 217 Å². The zero-order chi connectivity index (χ0) is 26.7. The van der Waals surface area contributed by atoms with E-state index in [2.05, 4.69) is 4.98 Å². The SMILES string of the molecule is CCOC(=O)c1[nH]c(C)c(C([O-])=C2C(=O)C(=O)N(CCC[NH+]3CCOCC3)C2c2ccc(C)cc2)c1C. The normalized spacial score (nSPS) is 20.0. The number of aryl methyl sites for hydroxylation is 2. The van der Waals surface area contributed by atoms with E-state index in [1.165, 1.54) is 9.80 Å². The molecule has 198 valence electrons. The molecule has 1 amide bonds. The molecule has 2 N–H and O–H groups in total. The van der Waals surface area contributed by atoms with Crippen molar-refractivity contribution in [2.45, 2.75) is 40.2 Å². The first-order valence-electron chi connectivity index (χ1n) is 12.9. The second-order valence-electron chi connectivity index (χ2n) is 9.70. The van der Waals surface area contributed by atoms with Gasteiger partial charge >= 0.3 is 5.97 Å². The Hall–Kier alpha value is -3.43. The number of amides is 1. The molecule has 0 aliphatic carbocycles. The van der Waals surface area contributed by atoms with Crippen LogP contribution in [0.2, 0.25) is 0 Å². The van der Waals surface area contributed by atoms with Crippen molar-refractivity contribution in [2.24, 2.45) is 0 Å². The van der Waals surface area contributed by atoms with Crippen LogP contribution in [0.5, 0.6) is 0 Å². The zero-order valence-corrected chi connectivity index (χ0v) is 21.9. The number of ketones is 1. The Morgan fingerprint density at radius 1 is 1.16 bits per heavy atom. The van der Waals surface area contributed by atoms with Gasteiger partial charge in [-0.3, -0.25) is 9.59 Å². The van der Waals surface area contributed by atoms with Crippen molar-refractivity contribution in [3.63, 3.8) is 0 Å². The summed E-state index contributed by atoms with van der Waals surface area (Å²) in [6.07, 6.45) is 0.702. The van der Waals surface area contributed by atoms with E-state index in [0.29, 0.717) is 29.8 Å². The smallest absolute Gasteiger partial charge is 0.355 e. The van der Waals surface area contributed by atoms with Crippen LogP contribution in [0.4, 0.5) is 0 Å². The third-order valence-corrected chi connectivity index (χ3v) is 7.20. The summed E-state index contributed by atoms with van der Waals surface area (Å²) in [7, 11) is 0. The molecule has 2 aliphatic heterocycles. The summed E-state index contributed by atoms with van der Waals surface area (Å²) >= 11 is 0. The molecule has 1 atom stereocenters. The number of nitrogens with zero attached hydrogens (tertiary/aromatic N) is 1. The molecule has 1 aromatic heterocycles. The van der Waals surface area contributed by atoms with Gasteiger partial charge in [0.2, 0.25) is 5.78 Å². The van der Waals surface area contributed by atoms with Gasteiger partial charge in [-0.2, -0.15) is 0 Å². The van der Waals surface area contributed by atoms with E-state index >= 15 is 0 Å². The quantitative estimate of drug-likeness (QED) is 0.234. The lowest BCUT2D eigenvalue weighted by Gasteiger charge is -2.29. The Bertz CT molecular complexity index is 1210. The van der Waals surface area contributed by atoms with E-state index in [1.54, 1.807) is 20.8 Å². The van der Waals surface area contributed by atoms with Gasteiger partial charge in [0.1, 0.15) is 18.8 Å².